The number of hydrogen-bond acceptors (Lipinski definition) is 4. The molecule has 2 aromatic rings. The van der Waals surface area contributed by atoms with Crippen LogP contribution in [0.25, 0.3) is 0 Å². The summed E-state index contributed by atoms with van der Waals surface area (Å²) in [6.45, 7) is 9.27. The number of hydrogen-bond donors (Lipinski definition) is 1. The highest BCUT2D eigenvalue weighted by atomic mass is 32.2. The lowest BCUT2D eigenvalue weighted by Gasteiger charge is -2.18. The van der Waals surface area contributed by atoms with Gasteiger partial charge in [-0.1, -0.05) is 74.2 Å². The molecule has 0 aliphatic heterocycles. The third kappa shape index (κ3) is 4.54. The van der Waals surface area contributed by atoms with Crippen molar-refractivity contribution in [2.24, 2.45) is 0 Å². The molecule has 0 spiro atoms. The Hall–Kier alpha value is -2.60. The summed E-state index contributed by atoms with van der Waals surface area (Å²) in [5.41, 5.74) is 3.27. The van der Waals surface area contributed by atoms with Gasteiger partial charge in [0.2, 0.25) is 5.91 Å². The van der Waals surface area contributed by atoms with Crippen molar-refractivity contribution < 1.29 is 4.79 Å². The summed E-state index contributed by atoms with van der Waals surface area (Å²) in [5.74, 6) is 1.53. The van der Waals surface area contributed by atoms with Gasteiger partial charge in [-0.05, 0) is 49.8 Å². The van der Waals surface area contributed by atoms with Crippen LogP contribution >= 0.6 is 11.8 Å². The number of carbonyl (C=O) groups is 1. The molecule has 1 aromatic carbocycles. The maximum Gasteiger partial charge on any atom is 0.241 e. The Morgan fingerprint density at radius 1 is 1.19 bits per heavy atom. The number of nitrogens with one attached hydrogen (secondary N) is 1. The molecule has 2 aliphatic carbocycles. The van der Waals surface area contributed by atoms with Crippen molar-refractivity contribution in [2.75, 3.05) is 5.32 Å². The number of anilines is 1. The molecule has 0 bridgehead atoms. The predicted molar refractivity (Wildman–Crippen MR) is 128 cm³/mol. The SMILES string of the molecule is CCn1c(SC2(C(=O)Nc3ccc(C(C)C)cc3C)CC2)nnc1C1C=CC=CC=C1. The van der Waals surface area contributed by atoms with E-state index in [1.54, 1.807) is 11.8 Å². The third-order valence-corrected chi connectivity index (χ3v) is 7.37. The first kappa shape index (κ1) is 21.6. The standard InChI is InChI=1S/C25H30N4OS/c1-5-29-22(19-10-8-6-7-9-11-19)27-28-24(29)31-25(14-15-25)23(30)26-21-13-12-20(17(2)3)16-18(21)4/h6-13,16-17,19H,5,14-15H2,1-4H3,(H,26,30). The highest BCUT2D eigenvalue weighted by Crippen LogP contribution is 2.52. The highest BCUT2D eigenvalue weighted by molar-refractivity contribution is 8.01. The van der Waals surface area contributed by atoms with Crippen LogP contribution in [0.2, 0.25) is 0 Å². The first-order valence-electron chi connectivity index (χ1n) is 11.0. The van der Waals surface area contributed by atoms with Gasteiger partial charge in [0.25, 0.3) is 0 Å². The van der Waals surface area contributed by atoms with Crippen LogP contribution in [0.1, 0.15) is 62.4 Å². The summed E-state index contributed by atoms with van der Waals surface area (Å²) >= 11 is 1.55. The van der Waals surface area contributed by atoms with Crippen LogP contribution in [0, 0.1) is 6.92 Å². The zero-order valence-electron chi connectivity index (χ0n) is 18.6. The van der Waals surface area contributed by atoms with Crippen molar-refractivity contribution in [1.82, 2.24) is 14.8 Å². The number of nitrogens with zero attached hydrogens (tertiary/aromatic N) is 3. The van der Waals surface area contributed by atoms with Crippen LogP contribution < -0.4 is 5.32 Å². The van der Waals surface area contributed by atoms with Crippen LogP contribution in [-0.2, 0) is 11.3 Å². The van der Waals surface area contributed by atoms with E-state index in [2.05, 4.69) is 72.1 Å². The molecule has 2 aliphatic rings. The van der Waals surface area contributed by atoms with Gasteiger partial charge in [0.1, 0.15) is 10.6 Å². The molecule has 0 saturated heterocycles. The number of amides is 1. The van der Waals surface area contributed by atoms with Crippen LogP contribution in [0.15, 0.2) is 59.8 Å². The molecule has 1 N–H and O–H groups in total. The van der Waals surface area contributed by atoms with Crippen molar-refractivity contribution >= 4 is 23.4 Å². The second-order valence-corrected chi connectivity index (χ2v) is 9.90. The average Bonchev–Trinajstić information content (AvgIpc) is 3.49. The van der Waals surface area contributed by atoms with E-state index in [1.807, 2.05) is 30.4 Å². The van der Waals surface area contributed by atoms with E-state index in [1.165, 1.54) is 5.56 Å². The Labute approximate surface area is 188 Å². The Balaban J connectivity index is 1.51. The number of thioether (sulfide) groups is 1. The monoisotopic (exact) mass is 434 g/mol. The second-order valence-electron chi connectivity index (χ2n) is 8.55. The van der Waals surface area contributed by atoms with Crippen molar-refractivity contribution in [2.45, 2.75) is 68.8 Å². The van der Waals surface area contributed by atoms with Crippen LogP contribution in [0.4, 0.5) is 5.69 Å². The lowest BCUT2D eigenvalue weighted by Crippen LogP contribution is -2.27. The summed E-state index contributed by atoms with van der Waals surface area (Å²) in [6, 6.07) is 6.28. The minimum absolute atomic E-state index is 0.0589. The second kappa shape index (κ2) is 8.87. The molecule has 162 valence electrons. The number of aryl methyl sites for hydroxylation is 1. The third-order valence-electron chi connectivity index (χ3n) is 5.90. The van der Waals surface area contributed by atoms with Crippen LogP contribution in [0.3, 0.4) is 0 Å². The molecule has 4 rings (SSSR count). The zero-order chi connectivity index (χ0) is 22.0. The molecule has 1 amide bonds. The lowest BCUT2D eigenvalue weighted by atomic mass is 10.0. The molecular formula is C25H30N4OS. The number of aromatic nitrogens is 3. The fraction of sp³-hybridized carbons (Fsp3) is 0.400. The molecule has 0 atom stereocenters. The van der Waals surface area contributed by atoms with E-state index in [9.17, 15) is 4.79 Å². The molecule has 1 heterocycles. The Bertz CT molecular complexity index is 1040. The van der Waals surface area contributed by atoms with Gasteiger partial charge in [-0.3, -0.25) is 4.79 Å². The van der Waals surface area contributed by atoms with Gasteiger partial charge < -0.3 is 9.88 Å². The van der Waals surface area contributed by atoms with Gasteiger partial charge in [0, 0.05) is 12.2 Å². The van der Waals surface area contributed by atoms with E-state index < -0.39 is 4.75 Å². The summed E-state index contributed by atoms with van der Waals surface area (Å²) in [7, 11) is 0. The molecule has 1 saturated carbocycles. The van der Waals surface area contributed by atoms with E-state index >= 15 is 0 Å². The predicted octanol–water partition coefficient (Wildman–Crippen LogP) is 5.76. The quantitative estimate of drug-likeness (QED) is 0.602. The van der Waals surface area contributed by atoms with E-state index in [4.69, 9.17) is 0 Å². The highest BCUT2D eigenvalue weighted by Gasteiger charge is 2.52. The topological polar surface area (TPSA) is 59.8 Å². The van der Waals surface area contributed by atoms with Crippen LogP contribution in [0.5, 0.6) is 0 Å². The number of benzene rings is 1. The fourth-order valence-electron chi connectivity index (χ4n) is 3.74. The number of allylic oxidation sites excluding steroid dienone is 6. The molecular weight excluding hydrogens is 404 g/mol. The molecule has 6 heteroatoms. The molecule has 5 nitrogen and oxygen atoms in total. The summed E-state index contributed by atoms with van der Waals surface area (Å²) in [6.07, 6.45) is 14.0. The Morgan fingerprint density at radius 2 is 1.90 bits per heavy atom. The van der Waals surface area contributed by atoms with Gasteiger partial charge in [0.05, 0.1) is 5.92 Å². The maximum atomic E-state index is 13.2. The minimum Gasteiger partial charge on any atom is -0.325 e. The largest absolute Gasteiger partial charge is 0.325 e. The minimum atomic E-state index is -0.461. The fourth-order valence-corrected chi connectivity index (χ4v) is 4.95. The average molecular weight is 435 g/mol. The first-order valence-corrected chi connectivity index (χ1v) is 11.8. The normalized spacial score (nSPS) is 17.2. The van der Waals surface area contributed by atoms with Gasteiger partial charge in [-0.2, -0.15) is 0 Å². The summed E-state index contributed by atoms with van der Waals surface area (Å²) < 4.78 is 1.67. The number of carbonyl (C=O) groups excluding carboxylic acids is 1. The van der Waals surface area contributed by atoms with Crippen molar-refractivity contribution in [3.63, 3.8) is 0 Å². The summed E-state index contributed by atoms with van der Waals surface area (Å²) in [5, 5.41) is 12.9. The maximum absolute atomic E-state index is 13.2. The Morgan fingerprint density at radius 3 is 2.48 bits per heavy atom. The van der Waals surface area contributed by atoms with Gasteiger partial charge in [-0.25, -0.2) is 0 Å². The van der Waals surface area contributed by atoms with Crippen molar-refractivity contribution in [1.29, 1.82) is 0 Å². The van der Waals surface area contributed by atoms with E-state index in [0.29, 0.717) is 5.92 Å². The molecule has 0 unspecified atom stereocenters. The lowest BCUT2D eigenvalue weighted by molar-refractivity contribution is -0.116. The smallest absolute Gasteiger partial charge is 0.241 e. The van der Waals surface area contributed by atoms with Crippen LogP contribution in [-0.4, -0.2) is 25.4 Å². The molecule has 1 fully saturated rings. The molecule has 31 heavy (non-hydrogen) atoms. The van der Waals surface area contributed by atoms with Gasteiger partial charge in [0.15, 0.2) is 5.16 Å². The van der Waals surface area contributed by atoms with Gasteiger partial charge >= 0.3 is 0 Å². The summed E-state index contributed by atoms with van der Waals surface area (Å²) in [4.78, 5) is 13.2. The number of rotatable bonds is 7. The van der Waals surface area contributed by atoms with Gasteiger partial charge in [-0.15, -0.1) is 10.2 Å². The first-order chi connectivity index (χ1) is 14.9. The van der Waals surface area contributed by atoms with E-state index in [0.717, 1.165) is 41.6 Å². The van der Waals surface area contributed by atoms with Crippen molar-refractivity contribution in [3.05, 3.63) is 71.6 Å². The Kier molecular flexibility index (Phi) is 6.19. The molecule has 1 aromatic heterocycles. The zero-order valence-corrected chi connectivity index (χ0v) is 19.4. The molecule has 0 radical (unpaired) electrons. The van der Waals surface area contributed by atoms with Crippen molar-refractivity contribution in [3.8, 4) is 0 Å². The van der Waals surface area contributed by atoms with E-state index in [-0.39, 0.29) is 11.8 Å².